The first kappa shape index (κ1) is 12.0. The van der Waals surface area contributed by atoms with E-state index in [1.165, 1.54) is 6.07 Å². The van der Waals surface area contributed by atoms with Crippen molar-refractivity contribution in [3.8, 4) is 5.75 Å². The Labute approximate surface area is 94.7 Å². The van der Waals surface area contributed by atoms with E-state index in [0.717, 1.165) is 0 Å². The van der Waals surface area contributed by atoms with Crippen LogP contribution in [0.3, 0.4) is 0 Å². The maximum Gasteiger partial charge on any atom is 0.303 e. The van der Waals surface area contributed by atoms with Gasteiger partial charge in [-0.1, -0.05) is 0 Å². The number of aliphatic carboxylic acids is 1. The van der Waals surface area contributed by atoms with Crippen LogP contribution in [0.4, 0.5) is 4.39 Å². The topological polar surface area (TPSA) is 57.5 Å². The van der Waals surface area contributed by atoms with Crippen molar-refractivity contribution < 1.29 is 19.4 Å². The summed E-state index contributed by atoms with van der Waals surface area (Å²) in [5.74, 6) is -1.79. The van der Waals surface area contributed by atoms with E-state index in [-0.39, 0.29) is 28.6 Å². The van der Waals surface area contributed by atoms with Crippen LogP contribution in [0.25, 0.3) is 0 Å². The van der Waals surface area contributed by atoms with Crippen molar-refractivity contribution in [1.29, 1.82) is 0 Å². The molecule has 2 N–H and O–H groups in total. The zero-order chi connectivity index (χ0) is 11.6. The van der Waals surface area contributed by atoms with Crippen molar-refractivity contribution in [2.24, 2.45) is 0 Å². The molecule has 0 saturated heterocycles. The van der Waals surface area contributed by atoms with E-state index in [4.69, 9.17) is 5.11 Å². The Morgan fingerprint density at radius 3 is 2.73 bits per heavy atom. The lowest BCUT2D eigenvalue weighted by atomic mass is 10.0. The number of aromatic hydroxyl groups is 1. The molecule has 0 fully saturated rings. The number of carbonyl (C=O) groups is 1. The summed E-state index contributed by atoms with van der Waals surface area (Å²) in [5.41, 5.74) is 0.563. The fraction of sp³-hybridized carbons (Fsp3) is 0.300. The molecule has 0 unspecified atom stereocenters. The van der Waals surface area contributed by atoms with Crippen LogP contribution >= 0.6 is 15.9 Å². The van der Waals surface area contributed by atoms with Crippen LogP contribution in [0.2, 0.25) is 0 Å². The summed E-state index contributed by atoms with van der Waals surface area (Å²) in [7, 11) is 0. The number of benzene rings is 1. The van der Waals surface area contributed by atoms with Crippen LogP contribution in [0.5, 0.6) is 5.75 Å². The summed E-state index contributed by atoms with van der Waals surface area (Å²) < 4.78 is 13.7. The number of aryl methyl sites for hydroxylation is 1. The minimum Gasteiger partial charge on any atom is -0.507 e. The number of phenolic OH excluding ortho intramolecular Hbond substituents is 1. The number of carboxylic acid groups (broad SMARTS) is 1. The number of hydrogen-bond donors (Lipinski definition) is 2. The molecule has 1 aromatic rings. The molecule has 3 nitrogen and oxygen atoms in total. The van der Waals surface area contributed by atoms with Gasteiger partial charge >= 0.3 is 5.97 Å². The molecule has 0 saturated carbocycles. The quantitative estimate of drug-likeness (QED) is 0.892. The molecular formula is C10H10BrFO3. The highest BCUT2D eigenvalue weighted by molar-refractivity contribution is 9.10. The van der Waals surface area contributed by atoms with Crippen molar-refractivity contribution in [2.45, 2.75) is 19.8 Å². The first-order valence-electron chi connectivity index (χ1n) is 4.31. The third-order valence-electron chi connectivity index (χ3n) is 2.07. The van der Waals surface area contributed by atoms with Gasteiger partial charge in [0.15, 0.2) is 0 Å². The Hall–Kier alpha value is -1.10. The van der Waals surface area contributed by atoms with Crippen molar-refractivity contribution in [2.75, 3.05) is 0 Å². The monoisotopic (exact) mass is 276 g/mol. The number of carboxylic acids is 1. The molecule has 0 aromatic heterocycles. The SMILES string of the molecule is Cc1cc(Br)c(F)c(CCC(=O)O)c1O. The number of phenols is 1. The number of halogens is 2. The van der Waals surface area contributed by atoms with E-state index in [0.29, 0.717) is 5.56 Å². The van der Waals surface area contributed by atoms with Gasteiger partial charge in [0.25, 0.3) is 0 Å². The summed E-state index contributed by atoms with van der Waals surface area (Å²) >= 11 is 3.00. The van der Waals surface area contributed by atoms with E-state index >= 15 is 0 Å². The molecule has 15 heavy (non-hydrogen) atoms. The summed E-state index contributed by atoms with van der Waals surface area (Å²) in [4.78, 5) is 10.3. The molecule has 0 atom stereocenters. The van der Waals surface area contributed by atoms with E-state index in [1.807, 2.05) is 0 Å². The lowest BCUT2D eigenvalue weighted by Crippen LogP contribution is -2.01. The third-order valence-corrected chi connectivity index (χ3v) is 2.64. The Balaban J connectivity index is 3.09. The minimum absolute atomic E-state index is 0.0206. The fourth-order valence-electron chi connectivity index (χ4n) is 1.27. The van der Waals surface area contributed by atoms with Crippen LogP contribution in [0.15, 0.2) is 10.5 Å². The van der Waals surface area contributed by atoms with Crippen LogP contribution in [0.1, 0.15) is 17.5 Å². The second kappa shape index (κ2) is 4.61. The second-order valence-corrected chi connectivity index (χ2v) is 4.06. The molecule has 0 radical (unpaired) electrons. The molecule has 0 spiro atoms. The van der Waals surface area contributed by atoms with Gasteiger partial charge < -0.3 is 10.2 Å². The predicted molar refractivity (Wildman–Crippen MR) is 56.5 cm³/mol. The molecule has 0 aliphatic carbocycles. The fourth-order valence-corrected chi connectivity index (χ4v) is 1.85. The van der Waals surface area contributed by atoms with E-state index in [1.54, 1.807) is 6.92 Å². The van der Waals surface area contributed by atoms with Crippen LogP contribution in [-0.4, -0.2) is 16.2 Å². The van der Waals surface area contributed by atoms with Gasteiger partial charge in [0.05, 0.1) is 4.47 Å². The first-order valence-corrected chi connectivity index (χ1v) is 5.11. The molecule has 1 rings (SSSR count). The van der Waals surface area contributed by atoms with Crippen molar-refractivity contribution in [3.05, 3.63) is 27.5 Å². The van der Waals surface area contributed by atoms with E-state index in [2.05, 4.69) is 15.9 Å². The van der Waals surface area contributed by atoms with Crippen LogP contribution in [-0.2, 0) is 11.2 Å². The van der Waals surface area contributed by atoms with Gasteiger partial charge in [0.2, 0.25) is 0 Å². The maximum atomic E-state index is 13.5. The first-order chi connectivity index (χ1) is 6.93. The summed E-state index contributed by atoms with van der Waals surface area (Å²) in [6.07, 6.45) is -0.229. The maximum absolute atomic E-state index is 13.5. The molecule has 0 amide bonds. The summed E-state index contributed by atoms with van der Waals surface area (Å²) in [6, 6.07) is 1.45. The molecule has 0 bridgehead atoms. The highest BCUT2D eigenvalue weighted by Gasteiger charge is 2.15. The van der Waals surface area contributed by atoms with Gasteiger partial charge in [0.1, 0.15) is 11.6 Å². The van der Waals surface area contributed by atoms with Gasteiger partial charge in [-0.25, -0.2) is 4.39 Å². The number of hydrogen-bond acceptors (Lipinski definition) is 2. The van der Waals surface area contributed by atoms with Crippen LogP contribution < -0.4 is 0 Å². The van der Waals surface area contributed by atoms with E-state index in [9.17, 15) is 14.3 Å². The molecule has 5 heteroatoms. The van der Waals surface area contributed by atoms with Crippen molar-refractivity contribution in [1.82, 2.24) is 0 Å². The average Bonchev–Trinajstić information content (AvgIpc) is 2.14. The standard InChI is InChI=1S/C10H10BrFO3/c1-5-4-7(11)9(12)6(10(5)15)2-3-8(13)14/h4,15H,2-3H2,1H3,(H,13,14). The zero-order valence-corrected chi connectivity index (χ0v) is 9.64. The van der Waals surface area contributed by atoms with Gasteiger partial charge in [-0.3, -0.25) is 4.79 Å². The molecular weight excluding hydrogens is 267 g/mol. The Morgan fingerprint density at radius 1 is 1.60 bits per heavy atom. The normalized spacial score (nSPS) is 10.3. The van der Waals surface area contributed by atoms with Gasteiger partial charge in [-0.05, 0) is 40.9 Å². The van der Waals surface area contributed by atoms with Gasteiger partial charge in [-0.2, -0.15) is 0 Å². The Morgan fingerprint density at radius 2 is 2.20 bits per heavy atom. The van der Waals surface area contributed by atoms with Gasteiger partial charge in [-0.15, -0.1) is 0 Å². The van der Waals surface area contributed by atoms with Crippen molar-refractivity contribution in [3.63, 3.8) is 0 Å². The van der Waals surface area contributed by atoms with Crippen molar-refractivity contribution >= 4 is 21.9 Å². The minimum atomic E-state index is -1.02. The molecule has 0 aliphatic heterocycles. The largest absolute Gasteiger partial charge is 0.507 e. The third kappa shape index (κ3) is 2.68. The Bertz CT molecular complexity index is 378. The highest BCUT2D eigenvalue weighted by atomic mass is 79.9. The highest BCUT2D eigenvalue weighted by Crippen LogP contribution is 2.31. The second-order valence-electron chi connectivity index (χ2n) is 3.21. The van der Waals surface area contributed by atoms with Gasteiger partial charge in [0, 0.05) is 12.0 Å². The number of rotatable bonds is 3. The smallest absolute Gasteiger partial charge is 0.303 e. The lowest BCUT2D eigenvalue weighted by molar-refractivity contribution is -0.136. The van der Waals surface area contributed by atoms with E-state index < -0.39 is 11.8 Å². The molecule has 0 heterocycles. The predicted octanol–water partition coefficient (Wildman–Crippen LogP) is 2.62. The Kier molecular flexibility index (Phi) is 3.68. The molecule has 1 aromatic carbocycles. The molecule has 82 valence electrons. The summed E-state index contributed by atoms with van der Waals surface area (Å²) in [5, 5.41) is 18.0. The molecule has 0 aliphatic rings. The lowest BCUT2D eigenvalue weighted by Gasteiger charge is -2.09. The average molecular weight is 277 g/mol. The van der Waals surface area contributed by atoms with Crippen LogP contribution in [0, 0.1) is 12.7 Å². The summed E-state index contributed by atoms with van der Waals surface area (Å²) in [6.45, 7) is 1.63. The zero-order valence-electron chi connectivity index (χ0n) is 8.05.